The fourth-order valence-corrected chi connectivity index (χ4v) is 2.34. The van der Waals surface area contributed by atoms with Gasteiger partial charge in [-0.1, -0.05) is 12.1 Å². The Morgan fingerprint density at radius 1 is 1.47 bits per heavy atom. The van der Waals surface area contributed by atoms with Gasteiger partial charge in [0, 0.05) is 19.0 Å². The molecule has 0 unspecified atom stereocenters. The maximum atomic E-state index is 12.7. The standard InChI is InChI=1S/C13H16FNO2/c14-8-10-4-3-7-15(9-10)12-6-2-1-5-11(12)13(16)17/h1-2,5-6,10H,3-4,7-9H2,(H,16,17)/t10-/m1/s1. The van der Waals surface area contributed by atoms with E-state index in [0.717, 1.165) is 19.4 Å². The summed E-state index contributed by atoms with van der Waals surface area (Å²) < 4.78 is 12.7. The fraction of sp³-hybridized carbons (Fsp3) is 0.462. The minimum Gasteiger partial charge on any atom is -0.478 e. The van der Waals surface area contributed by atoms with Gasteiger partial charge in [0.2, 0.25) is 0 Å². The van der Waals surface area contributed by atoms with Crippen molar-refractivity contribution in [2.75, 3.05) is 24.7 Å². The maximum Gasteiger partial charge on any atom is 0.337 e. The molecule has 1 saturated heterocycles. The second kappa shape index (κ2) is 5.17. The second-order valence-electron chi connectivity index (χ2n) is 4.43. The molecule has 1 aromatic carbocycles. The van der Waals surface area contributed by atoms with Crippen molar-refractivity contribution in [1.82, 2.24) is 0 Å². The highest BCUT2D eigenvalue weighted by molar-refractivity contribution is 5.94. The van der Waals surface area contributed by atoms with Crippen molar-refractivity contribution in [1.29, 1.82) is 0 Å². The number of para-hydroxylation sites is 1. The predicted octanol–water partition coefficient (Wildman–Crippen LogP) is 2.57. The van der Waals surface area contributed by atoms with Crippen molar-refractivity contribution in [3.63, 3.8) is 0 Å². The van der Waals surface area contributed by atoms with Gasteiger partial charge in [-0.25, -0.2) is 4.79 Å². The number of aromatic carboxylic acids is 1. The van der Waals surface area contributed by atoms with E-state index in [1.807, 2.05) is 11.0 Å². The SMILES string of the molecule is O=C(O)c1ccccc1N1CCC[C@H](CF)C1. The van der Waals surface area contributed by atoms with Crippen molar-refractivity contribution < 1.29 is 14.3 Å². The van der Waals surface area contributed by atoms with Gasteiger partial charge in [0.25, 0.3) is 0 Å². The molecular weight excluding hydrogens is 221 g/mol. The van der Waals surface area contributed by atoms with Crippen LogP contribution < -0.4 is 4.90 Å². The molecule has 0 amide bonds. The fourth-order valence-electron chi connectivity index (χ4n) is 2.34. The molecule has 0 bridgehead atoms. The number of piperidine rings is 1. The molecule has 0 aromatic heterocycles. The molecule has 0 saturated carbocycles. The quantitative estimate of drug-likeness (QED) is 0.878. The highest BCUT2D eigenvalue weighted by Gasteiger charge is 2.22. The minimum absolute atomic E-state index is 0.0330. The average molecular weight is 237 g/mol. The normalized spacial score (nSPS) is 20.3. The molecule has 2 rings (SSSR count). The van der Waals surface area contributed by atoms with Crippen LogP contribution in [-0.2, 0) is 0 Å². The third kappa shape index (κ3) is 2.57. The zero-order valence-corrected chi connectivity index (χ0v) is 9.60. The number of carboxylic acids is 1. The number of nitrogens with zero attached hydrogens (tertiary/aromatic N) is 1. The molecule has 1 N–H and O–H groups in total. The van der Waals surface area contributed by atoms with Crippen LogP contribution in [0, 0.1) is 5.92 Å². The van der Waals surface area contributed by atoms with Crippen LogP contribution in [0.3, 0.4) is 0 Å². The first-order valence-corrected chi connectivity index (χ1v) is 5.85. The van der Waals surface area contributed by atoms with E-state index in [0.29, 0.717) is 17.8 Å². The first kappa shape index (κ1) is 11.9. The molecule has 0 aliphatic carbocycles. The highest BCUT2D eigenvalue weighted by Crippen LogP contribution is 2.26. The Bertz CT molecular complexity index is 408. The zero-order chi connectivity index (χ0) is 12.3. The Kier molecular flexibility index (Phi) is 3.61. The molecule has 1 aliphatic rings. The Balaban J connectivity index is 2.24. The molecule has 1 atom stereocenters. The van der Waals surface area contributed by atoms with E-state index in [1.165, 1.54) is 0 Å². The zero-order valence-electron chi connectivity index (χ0n) is 9.60. The number of rotatable bonds is 3. The summed E-state index contributed by atoms with van der Waals surface area (Å²) in [5, 5.41) is 9.12. The number of carboxylic acid groups (broad SMARTS) is 1. The molecule has 92 valence electrons. The van der Waals surface area contributed by atoms with Crippen LogP contribution in [0.1, 0.15) is 23.2 Å². The second-order valence-corrected chi connectivity index (χ2v) is 4.43. The lowest BCUT2D eigenvalue weighted by atomic mass is 9.98. The van der Waals surface area contributed by atoms with Gasteiger partial charge >= 0.3 is 5.97 Å². The number of hydrogen-bond acceptors (Lipinski definition) is 2. The lowest BCUT2D eigenvalue weighted by Gasteiger charge is -2.34. The summed E-state index contributed by atoms with van der Waals surface area (Å²) in [6.07, 6.45) is 1.81. The van der Waals surface area contributed by atoms with Gasteiger partial charge in [-0.3, -0.25) is 4.39 Å². The smallest absolute Gasteiger partial charge is 0.337 e. The van der Waals surface area contributed by atoms with Gasteiger partial charge in [0.1, 0.15) is 0 Å². The number of halogens is 1. The van der Waals surface area contributed by atoms with Crippen molar-refractivity contribution in [3.05, 3.63) is 29.8 Å². The Labute approximate surface area is 99.9 Å². The minimum atomic E-state index is -0.928. The molecule has 4 heteroatoms. The van der Waals surface area contributed by atoms with Crippen molar-refractivity contribution in [3.8, 4) is 0 Å². The highest BCUT2D eigenvalue weighted by atomic mass is 19.1. The van der Waals surface area contributed by atoms with Crippen LogP contribution in [0.15, 0.2) is 24.3 Å². The summed E-state index contributed by atoms with van der Waals surface area (Å²) in [4.78, 5) is 13.1. The Morgan fingerprint density at radius 3 is 2.94 bits per heavy atom. The van der Waals surface area contributed by atoms with Gasteiger partial charge in [-0.15, -0.1) is 0 Å². The first-order chi connectivity index (χ1) is 8.22. The third-order valence-corrected chi connectivity index (χ3v) is 3.21. The van der Waals surface area contributed by atoms with E-state index in [9.17, 15) is 9.18 Å². The summed E-state index contributed by atoms with van der Waals surface area (Å²) in [6, 6.07) is 6.92. The Morgan fingerprint density at radius 2 is 2.24 bits per heavy atom. The number of hydrogen-bond donors (Lipinski definition) is 1. The van der Waals surface area contributed by atoms with Crippen molar-refractivity contribution in [2.45, 2.75) is 12.8 Å². The summed E-state index contributed by atoms with van der Waals surface area (Å²) >= 11 is 0. The molecule has 1 aliphatic heterocycles. The molecule has 1 heterocycles. The van der Waals surface area contributed by atoms with Crippen LogP contribution >= 0.6 is 0 Å². The lowest BCUT2D eigenvalue weighted by molar-refractivity contribution is 0.0697. The largest absolute Gasteiger partial charge is 0.478 e. The van der Waals surface area contributed by atoms with Crippen LogP contribution in [0.5, 0.6) is 0 Å². The molecular formula is C13H16FNO2. The van der Waals surface area contributed by atoms with Crippen LogP contribution in [0.2, 0.25) is 0 Å². The number of anilines is 1. The van der Waals surface area contributed by atoms with Gasteiger partial charge in [-0.05, 0) is 25.0 Å². The van der Waals surface area contributed by atoms with E-state index in [1.54, 1.807) is 18.2 Å². The number of carbonyl (C=O) groups is 1. The molecule has 17 heavy (non-hydrogen) atoms. The van der Waals surface area contributed by atoms with E-state index < -0.39 is 5.97 Å². The van der Waals surface area contributed by atoms with Gasteiger partial charge < -0.3 is 10.0 Å². The van der Waals surface area contributed by atoms with E-state index >= 15 is 0 Å². The first-order valence-electron chi connectivity index (χ1n) is 5.85. The summed E-state index contributed by atoms with van der Waals surface area (Å²) in [6.45, 7) is 1.09. The monoisotopic (exact) mass is 237 g/mol. The predicted molar refractivity (Wildman–Crippen MR) is 64.3 cm³/mol. The molecule has 1 aromatic rings. The molecule has 1 fully saturated rings. The average Bonchev–Trinajstić information content (AvgIpc) is 2.39. The van der Waals surface area contributed by atoms with Gasteiger partial charge in [0.15, 0.2) is 0 Å². The molecule has 0 radical (unpaired) electrons. The van der Waals surface area contributed by atoms with Crippen molar-refractivity contribution in [2.24, 2.45) is 5.92 Å². The topological polar surface area (TPSA) is 40.5 Å². The number of benzene rings is 1. The molecule has 3 nitrogen and oxygen atoms in total. The summed E-state index contributed by atoms with van der Waals surface area (Å²) in [7, 11) is 0. The van der Waals surface area contributed by atoms with Crippen LogP contribution in [-0.4, -0.2) is 30.8 Å². The third-order valence-electron chi connectivity index (χ3n) is 3.21. The van der Waals surface area contributed by atoms with E-state index in [-0.39, 0.29) is 12.6 Å². The summed E-state index contributed by atoms with van der Waals surface area (Å²) in [5.41, 5.74) is 1.00. The lowest BCUT2D eigenvalue weighted by Crippen LogP contribution is -2.37. The van der Waals surface area contributed by atoms with Crippen LogP contribution in [0.25, 0.3) is 0 Å². The number of alkyl halides is 1. The van der Waals surface area contributed by atoms with Gasteiger partial charge in [-0.2, -0.15) is 0 Å². The molecule has 0 spiro atoms. The van der Waals surface area contributed by atoms with Crippen LogP contribution in [0.4, 0.5) is 10.1 Å². The Hall–Kier alpha value is -1.58. The maximum absolute atomic E-state index is 12.7. The van der Waals surface area contributed by atoms with E-state index in [2.05, 4.69) is 0 Å². The summed E-state index contributed by atoms with van der Waals surface area (Å²) in [5.74, 6) is -0.895. The van der Waals surface area contributed by atoms with E-state index in [4.69, 9.17) is 5.11 Å². The van der Waals surface area contributed by atoms with Gasteiger partial charge in [0.05, 0.1) is 17.9 Å². The van der Waals surface area contributed by atoms with Crippen molar-refractivity contribution >= 4 is 11.7 Å².